The Morgan fingerprint density at radius 3 is 2.58 bits per heavy atom. The maximum Gasteiger partial charge on any atom is 0.310 e. The SMILES string of the molecule is CCOC(=O)Cc1c(-c2ccccc2)c2cc(C)ccc2[nH]c1=O. The van der Waals surface area contributed by atoms with E-state index >= 15 is 0 Å². The van der Waals surface area contributed by atoms with Gasteiger partial charge in [-0.15, -0.1) is 0 Å². The minimum atomic E-state index is -0.396. The molecule has 24 heavy (non-hydrogen) atoms. The van der Waals surface area contributed by atoms with E-state index in [1.165, 1.54) is 0 Å². The number of rotatable bonds is 4. The van der Waals surface area contributed by atoms with Gasteiger partial charge in [-0.25, -0.2) is 0 Å². The van der Waals surface area contributed by atoms with Gasteiger partial charge in [0.15, 0.2) is 0 Å². The summed E-state index contributed by atoms with van der Waals surface area (Å²) < 4.78 is 5.04. The second-order valence-corrected chi connectivity index (χ2v) is 5.70. The zero-order valence-corrected chi connectivity index (χ0v) is 13.8. The molecule has 0 radical (unpaired) electrons. The second-order valence-electron chi connectivity index (χ2n) is 5.70. The molecule has 4 heteroatoms. The van der Waals surface area contributed by atoms with Crippen LogP contribution in [0.4, 0.5) is 0 Å². The molecular weight excluding hydrogens is 302 g/mol. The van der Waals surface area contributed by atoms with Crippen LogP contribution < -0.4 is 5.56 Å². The van der Waals surface area contributed by atoms with Crippen LogP contribution in [0.15, 0.2) is 53.3 Å². The maximum atomic E-state index is 12.6. The van der Waals surface area contributed by atoms with Crippen LogP contribution in [0.25, 0.3) is 22.0 Å². The molecule has 3 aromatic rings. The van der Waals surface area contributed by atoms with E-state index in [0.29, 0.717) is 12.2 Å². The highest BCUT2D eigenvalue weighted by Gasteiger charge is 2.18. The van der Waals surface area contributed by atoms with Crippen molar-refractivity contribution in [1.29, 1.82) is 0 Å². The number of carbonyl (C=O) groups excluding carboxylic acids is 1. The van der Waals surface area contributed by atoms with Crippen molar-refractivity contribution in [1.82, 2.24) is 4.98 Å². The maximum absolute atomic E-state index is 12.6. The van der Waals surface area contributed by atoms with Crippen LogP contribution in [0.5, 0.6) is 0 Å². The third-order valence-corrected chi connectivity index (χ3v) is 3.96. The van der Waals surface area contributed by atoms with E-state index in [-0.39, 0.29) is 12.0 Å². The number of benzene rings is 2. The summed E-state index contributed by atoms with van der Waals surface area (Å²) >= 11 is 0. The topological polar surface area (TPSA) is 59.2 Å². The number of H-pyrrole nitrogens is 1. The van der Waals surface area contributed by atoms with Crippen LogP contribution in [0.1, 0.15) is 18.1 Å². The molecule has 0 bridgehead atoms. The first-order valence-electron chi connectivity index (χ1n) is 7.96. The van der Waals surface area contributed by atoms with Gasteiger partial charge in [-0.3, -0.25) is 9.59 Å². The molecule has 3 rings (SSSR count). The predicted octanol–water partition coefficient (Wildman–Crippen LogP) is 3.61. The molecule has 0 saturated carbocycles. The normalized spacial score (nSPS) is 10.8. The summed E-state index contributed by atoms with van der Waals surface area (Å²) in [6.07, 6.45) is -0.0444. The van der Waals surface area contributed by atoms with Crippen molar-refractivity contribution in [3.8, 4) is 11.1 Å². The number of carbonyl (C=O) groups is 1. The molecular formula is C20H19NO3. The summed E-state index contributed by atoms with van der Waals surface area (Å²) in [5, 5.41) is 0.931. The number of nitrogens with one attached hydrogen (secondary N) is 1. The van der Waals surface area contributed by atoms with Gasteiger partial charge in [0.2, 0.25) is 0 Å². The van der Waals surface area contributed by atoms with E-state index in [9.17, 15) is 9.59 Å². The molecule has 0 spiro atoms. The first kappa shape index (κ1) is 16.0. The summed E-state index contributed by atoms with van der Waals surface area (Å²) in [5.41, 5.74) is 3.76. The Morgan fingerprint density at radius 2 is 1.88 bits per heavy atom. The third kappa shape index (κ3) is 3.08. The molecule has 0 fully saturated rings. The average Bonchev–Trinajstić information content (AvgIpc) is 2.57. The van der Waals surface area contributed by atoms with Gasteiger partial charge in [0.1, 0.15) is 0 Å². The van der Waals surface area contributed by atoms with Crippen LogP contribution >= 0.6 is 0 Å². The Kier molecular flexibility index (Phi) is 4.47. The summed E-state index contributed by atoms with van der Waals surface area (Å²) in [6, 6.07) is 15.6. The van der Waals surface area contributed by atoms with E-state index in [0.717, 1.165) is 27.6 Å². The highest BCUT2D eigenvalue weighted by Crippen LogP contribution is 2.30. The molecule has 0 amide bonds. The number of fused-ring (bicyclic) bond motifs is 1. The van der Waals surface area contributed by atoms with Crippen molar-refractivity contribution in [3.63, 3.8) is 0 Å². The van der Waals surface area contributed by atoms with Gasteiger partial charge in [-0.1, -0.05) is 42.0 Å². The van der Waals surface area contributed by atoms with E-state index in [4.69, 9.17) is 4.74 Å². The van der Waals surface area contributed by atoms with Gasteiger partial charge >= 0.3 is 5.97 Å². The Hall–Kier alpha value is -2.88. The fourth-order valence-corrected chi connectivity index (χ4v) is 2.91. The number of esters is 1. The smallest absolute Gasteiger partial charge is 0.310 e. The first-order valence-corrected chi connectivity index (χ1v) is 7.96. The minimum absolute atomic E-state index is 0.0444. The van der Waals surface area contributed by atoms with Crippen molar-refractivity contribution in [2.45, 2.75) is 20.3 Å². The monoisotopic (exact) mass is 321 g/mol. The molecule has 0 unspecified atom stereocenters. The van der Waals surface area contributed by atoms with Crippen molar-refractivity contribution in [3.05, 3.63) is 70.0 Å². The van der Waals surface area contributed by atoms with Crippen LogP contribution in [0, 0.1) is 6.92 Å². The number of ether oxygens (including phenoxy) is 1. The van der Waals surface area contributed by atoms with Crippen LogP contribution in [0.2, 0.25) is 0 Å². The number of pyridine rings is 1. The lowest BCUT2D eigenvalue weighted by Gasteiger charge is -2.13. The standard InChI is InChI=1S/C20H19NO3/c1-3-24-18(22)12-16-19(14-7-5-4-6-8-14)15-11-13(2)9-10-17(15)21-20(16)23/h4-11H,3,12H2,1-2H3,(H,21,23). The molecule has 1 N–H and O–H groups in total. The van der Waals surface area contributed by atoms with Gasteiger partial charge in [0.25, 0.3) is 5.56 Å². The molecule has 2 aromatic carbocycles. The highest BCUT2D eigenvalue weighted by molar-refractivity contribution is 5.97. The molecule has 122 valence electrons. The summed E-state index contributed by atoms with van der Waals surface area (Å²) in [5.74, 6) is -0.396. The largest absolute Gasteiger partial charge is 0.466 e. The van der Waals surface area contributed by atoms with Crippen molar-refractivity contribution in [2.75, 3.05) is 6.61 Å². The quantitative estimate of drug-likeness (QED) is 0.747. The van der Waals surface area contributed by atoms with Gasteiger partial charge in [-0.05, 0) is 31.5 Å². The van der Waals surface area contributed by atoms with Crippen molar-refractivity contribution in [2.24, 2.45) is 0 Å². The average molecular weight is 321 g/mol. The fourth-order valence-electron chi connectivity index (χ4n) is 2.91. The van der Waals surface area contributed by atoms with E-state index in [2.05, 4.69) is 4.98 Å². The van der Waals surface area contributed by atoms with Crippen LogP contribution in [-0.2, 0) is 16.0 Å². The zero-order chi connectivity index (χ0) is 17.1. The van der Waals surface area contributed by atoms with E-state index in [1.54, 1.807) is 6.92 Å². The van der Waals surface area contributed by atoms with Gasteiger partial charge in [0, 0.05) is 22.0 Å². The zero-order valence-electron chi connectivity index (χ0n) is 13.8. The summed E-state index contributed by atoms with van der Waals surface area (Å²) in [7, 11) is 0. The highest BCUT2D eigenvalue weighted by atomic mass is 16.5. The van der Waals surface area contributed by atoms with Crippen LogP contribution in [0.3, 0.4) is 0 Å². The van der Waals surface area contributed by atoms with Crippen molar-refractivity contribution >= 4 is 16.9 Å². The molecule has 0 aliphatic heterocycles. The summed E-state index contributed by atoms with van der Waals surface area (Å²) in [6.45, 7) is 4.05. The lowest BCUT2D eigenvalue weighted by atomic mass is 9.94. The number of aromatic amines is 1. The molecule has 1 aromatic heterocycles. The van der Waals surface area contributed by atoms with Gasteiger partial charge < -0.3 is 9.72 Å². The molecule has 0 aliphatic carbocycles. The minimum Gasteiger partial charge on any atom is -0.466 e. The van der Waals surface area contributed by atoms with Gasteiger partial charge in [-0.2, -0.15) is 0 Å². The number of aromatic nitrogens is 1. The molecule has 0 saturated heterocycles. The number of hydrogen-bond donors (Lipinski definition) is 1. The number of aryl methyl sites for hydroxylation is 1. The van der Waals surface area contributed by atoms with Gasteiger partial charge in [0.05, 0.1) is 13.0 Å². The third-order valence-electron chi connectivity index (χ3n) is 3.96. The Balaban J connectivity index is 2.31. The second kappa shape index (κ2) is 6.71. The van der Waals surface area contributed by atoms with E-state index in [1.807, 2.05) is 55.5 Å². The molecule has 4 nitrogen and oxygen atoms in total. The number of hydrogen-bond acceptors (Lipinski definition) is 3. The van der Waals surface area contributed by atoms with Crippen LogP contribution in [-0.4, -0.2) is 17.6 Å². The lowest BCUT2D eigenvalue weighted by Crippen LogP contribution is -2.19. The lowest BCUT2D eigenvalue weighted by molar-refractivity contribution is -0.142. The fraction of sp³-hybridized carbons (Fsp3) is 0.200. The van der Waals surface area contributed by atoms with Crippen molar-refractivity contribution < 1.29 is 9.53 Å². The molecule has 1 heterocycles. The first-order chi connectivity index (χ1) is 11.6. The summed E-state index contributed by atoms with van der Waals surface area (Å²) in [4.78, 5) is 27.4. The molecule has 0 aliphatic rings. The Labute approximate surface area is 140 Å². The van der Waals surface area contributed by atoms with E-state index < -0.39 is 5.97 Å². The Morgan fingerprint density at radius 1 is 1.12 bits per heavy atom. The Bertz CT molecular complexity index is 942. The molecule has 0 atom stereocenters. The predicted molar refractivity (Wildman–Crippen MR) is 95.1 cm³/mol.